The molecule has 3 rings (SSSR count). The molecule has 0 radical (unpaired) electrons. The number of hydrogen-bond donors (Lipinski definition) is 1. The number of halogens is 1. The molecule has 0 bridgehead atoms. The normalized spacial score (nSPS) is 11.3. The Labute approximate surface area is 144 Å². The van der Waals surface area contributed by atoms with Crippen LogP contribution in [0.15, 0.2) is 48.7 Å². The first kappa shape index (κ1) is 16.6. The van der Waals surface area contributed by atoms with Crippen molar-refractivity contribution in [1.82, 2.24) is 4.98 Å². The predicted octanol–water partition coefficient (Wildman–Crippen LogP) is 4.54. The molecule has 0 fully saturated rings. The minimum atomic E-state index is -1.13. The molecular weight excluding hydrogens is 319 g/mol. The van der Waals surface area contributed by atoms with E-state index in [2.05, 4.69) is 11.1 Å². The van der Waals surface area contributed by atoms with Crippen molar-refractivity contribution in [3.63, 3.8) is 0 Å². The first-order valence-corrected chi connectivity index (χ1v) is 7.67. The summed E-state index contributed by atoms with van der Waals surface area (Å²) in [6.45, 7) is 3.61. The van der Waals surface area contributed by atoms with Crippen LogP contribution in [0.5, 0.6) is 0 Å². The van der Waals surface area contributed by atoms with Gasteiger partial charge in [0.05, 0.1) is 22.6 Å². The number of benzene rings is 2. The Hall–Kier alpha value is -3.26. The fraction of sp³-hybridized carbons (Fsp3) is 0.150. The number of carbonyl (C=O) groups is 1. The van der Waals surface area contributed by atoms with Gasteiger partial charge in [0.25, 0.3) is 0 Å². The summed E-state index contributed by atoms with van der Waals surface area (Å²) in [6.07, 6.45) is 1.28. The average molecular weight is 334 g/mol. The molecule has 1 aromatic heterocycles. The topological polar surface area (TPSA) is 74.0 Å². The maximum Gasteiger partial charge on any atom is 0.337 e. The smallest absolute Gasteiger partial charge is 0.337 e. The third-order valence-corrected chi connectivity index (χ3v) is 4.24. The van der Waals surface area contributed by atoms with Gasteiger partial charge in [-0.2, -0.15) is 5.26 Å². The van der Waals surface area contributed by atoms with E-state index in [4.69, 9.17) is 0 Å². The number of carboxylic acid groups (broad SMARTS) is 1. The highest BCUT2D eigenvalue weighted by Crippen LogP contribution is 2.33. The summed E-state index contributed by atoms with van der Waals surface area (Å²) in [5, 5.41) is 19.2. The number of pyridine rings is 1. The van der Waals surface area contributed by atoms with Crippen molar-refractivity contribution >= 4 is 16.9 Å². The SMILES string of the molecule is CC(C)(C#N)c1ccc(-c2c(C(=O)O)cnc3ccc(F)cc23)cc1. The predicted molar refractivity (Wildman–Crippen MR) is 92.7 cm³/mol. The van der Waals surface area contributed by atoms with Crippen LogP contribution in [0, 0.1) is 17.1 Å². The van der Waals surface area contributed by atoms with Crippen molar-refractivity contribution in [3.05, 3.63) is 65.6 Å². The third-order valence-electron chi connectivity index (χ3n) is 4.24. The molecule has 1 N–H and O–H groups in total. The van der Waals surface area contributed by atoms with Gasteiger partial charge in [0.15, 0.2) is 0 Å². The Morgan fingerprint density at radius 2 is 1.88 bits per heavy atom. The summed E-state index contributed by atoms with van der Waals surface area (Å²) < 4.78 is 13.7. The summed E-state index contributed by atoms with van der Waals surface area (Å²) in [7, 11) is 0. The molecule has 4 nitrogen and oxygen atoms in total. The number of aromatic nitrogens is 1. The molecular formula is C20H15FN2O2. The standard InChI is InChI=1S/C20H15FN2O2/c1-20(2,11-22)13-5-3-12(4-6-13)18-15-9-14(21)7-8-17(15)23-10-16(18)19(24)25/h3-10H,1-2H3,(H,24,25). The molecule has 0 amide bonds. The lowest BCUT2D eigenvalue weighted by atomic mass is 9.85. The number of aromatic carboxylic acids is 1. The van der Waals surface area contributed by atoms with Gasteiger partial charge in [0.1, 0.15) is 5.82 Å². The molecule has 0 saturated carbocycles. The Kier molecular flexibility index (Phi) is 3.97. The molecule has 25 heavy (non-hydrogen) atoms. The summed E-state index contributed by atoms with van der Waals surface area (Å²) in [5.41, 5.74) is 1.74. The highest BCUT2D eigenvalue weighted by atomic mass is 19.1. The van der Waals surface area contributed by atoms with Crippen LogP contribution in [0.4, 0.5) is 4.39 Å². The van der Waals surface area contributed by atoms with Crippen molar-refractivity contribution in [2.24, 2.45) is 0 Å². The lowest BCUT2D eigenvalue weighted by Gasteiger charge is -2.17. The number of hydrogen-bond acceptors (Lipinski definition) is 3. The number of nitrogens with zero attached hydrogens (tertiary/aromatic N) is 2. The number of fused-ring (bicyclic) bond motifs is 1. The fourth-order valence-electron chi connectivity index (χ4n) is 2.76. The molecule has 3 aromatic rings. The molecule has 0 aliphatic rings. The van der Waals surface area contributed by atoms with Crippen LogP contribution in [0.1, 0.15) is 29.8 Å². The summed E-state index contributed by atoms with van der Waals surface area (Å²) in [6, 6.07) is 13.4. The van der Waals surface area contributed by atoms with Gasteiger partial charge in [0.2, 0.25) is 0 Å². The largest absolute Gasteiger partial charge is 0.478 e. The van der Waals surface area contributed by atoms with E-state index in [0.29, 0.717) is 22.0 Å². The first-order chi connectivity index (χ1) is 11.8. The van der Waals surface area contributed by atoms with Crippen molar-refractivity contribution < 1.29 is 14.3 Å². The molecule has 0 aliphatic carbocycles. The van der Waals surface area contributed by atoms with E-state index >= 15 is 0 Å². The van der Waals surface area contributed by atoms with E-state index in [1.807, 2.05) is 13.8 Å². The van der Waals surface area contributed by atoms with Crippen molar-refractivity contribution in [2.45, 2.75) is 19.3 Å². The molecule has 0 aliphatic heterocycles. The van der Waals surface area contributed by atoms with Gasteiger partial charge in [-0.3, -0.25) is 4.98 Å². The van der Waals surface area contributed by atoms with Gasteiger partial charge >= 0.3 is 5.97 Å². The van der Waals surface area contributed by atoms with E-state index in [9.17, 15) is 19.6 Å². The van der Waals surface area contributed by atoms with Gasteiger partial charge in [-0.15, -0.1) is 0 Å². The molecule has 5 heteroatoms. The van der Waals surface area contributed by atoms with E-state index in [-0.39, 0.29) is 5.56 Å². The molecule has 0 atom stereocenters. The van der Waals surface area contributed by atoms with E-state index < -0.39 is 17.2 Å². The Bertz CT molecular complexity index is 1020. The lowest BCUT2D eigenvalue weighted by Crippen LogP contribution is -2.13. The van der Waals surface area contributed by atoms with Crippen molar-refractivity contribution in [2.75, 3.05) is 0 Å². The summed E-state index contributed by atoms with van der Waals surface area (Å²) in [4.78, 5) is 15.7. The Morgan fingerprint density at radius 3 is 2.48 bits per heavy atom. The van der Waals surface area contributed by atoms with Gasteiger partial charge in [0, 0.05) is 17.1 Å². The van der Waals surface area contributed by atoms with Crippen LogP contribution in [0.3, 0.4) is 0 Å². The second kappa shape index (κ2) is 5.99. The molecule has 0 unspecified atom stereocenters. The van der Waals surface area contributed by atoms with Crippen LogP contribution in [-0.4, -0.2) is 16.1 Å². The van der Waals surface area contributed by atoms with Crippen LogP contribution < -0.4 is 0 Å². The quantitative estimate of drug-likeness (QED) is 0.763. The zero-order valence-electron chi connectivity index (χ0n) is 13.7. The number of carboxylic acids is 1. The molecule has 0 saturated heterocycles. The second-order valence-electron chi connectivity index (χ2n) is 6.33. The van der Waals surface area contributed by atoms with Crippen molar-refractivity contribution in [3.8, 4) is 17.2 Å². The average Bonchev–Trinajstić information content (AvgIpc) is 2.60. The van der Waals surface area contributed by atoms with Gasteiger partial charge in [-0.25, -0.2) is 9.18 Å². The molecule has 2 aromatic carbocycles. The van der Waals surface area contributed by atoms with Gasteiger partial charge < -0.3 is 5.11 Å². The van der Waals surface area contributed by atoms with Crippen LogP contribution in [0.25, 0.3) is 22.0 Å². The van der Waals surface area contributed by atoms with Gasteiger partial charge in [-0.1, -0.05) is 24.3 Å². The minimum absolute atomic E-state index is 0.00499. The number of rotatable bonds is 3. The Morgan fingerprint density at radius 1 is 1.20 bits per heavy atom. The third kappa shape index (κ3) is 2.94. The molecule has 1 heterocycles. The summed E-state index contributed by atoms with van der Waals surface area (Å²) in [5.74, 6) is -1.59. The minimum Gasteiger partial charge on any atom is -0.478 e. The van der Waals surface area contributed by atoms with Crippen LogP contribution in [0.2, 0.25) is 0 Å². The van der Waals surface area contributed by atoms with E-state index in [0.717, 1.165) is 5.56 Å². The Balaban J connectivity index is 2.27. The fourth-order valence-corrected chi connectivity index (χ4v) is 2.76. The van der Waals surface area contributed by atoms with Crippen LogP contribution in [-0.2, 0) is 5.41 Å². The van der Waals surface area contributed by atoms with Gasteiger partial charge in [-0.05, 0) is 43.2 Å². The van der Waals surface area contributed by atoms with E-state index in [1.165, 1.54) is 24.4 Å². The molecule has 124 valence electrons. The number of nitriles is 1. The maximum absolute atomic E-state index is 13.7. The first-order valence-electron chi connectivity index (χ1n) is 7.67. The maximum atomic E-state index is 13.7. The second-order valence-corrected chi connectivity index (χ2v) is 6.33. The molecule has 0 spiro atoms. The van der Waals surface area contributed by atoms with E-state index in [1.54, 1.807) is 24.3 Å². The highest BCUT2D eigenvalue weighted by molar-refractivity contribution is 6.06. The van der Waals surface area contributed by atoms with Crippen LogP contribution >= 0.6 is 0 Å². The van der Waals surface area contributed by atoms with Crippen molar-refractivity contribution in [1.29, 1.82) is 5.26 Å². The monoisotopic (exact) mass is 334 g/mol. The summed E-state index contributed by atoms with van der Waals surface area (Å²) >= 11 is 0. The zero-order chi connectivity index (χ0) is 18.2. The lowest BCUT2D eigenvalue weighted by molar-refractivity contribution is 0.0697. The zero-order valence-corrected chi connectivity index (χ0v) is 13.7. The highest BCUT2D eigenvalue weighted by Gasteiger charge is 2.21.